The molecule has 8 heteroatoms. The Morgan fingerprint density at radius 3 is 2.71 bits per heavy atom. The van der Waals surface area contributed by atoms with E-state index in [2.05, 4.69) is 17.7 Å². The third kappa shape index (κ3) is 16.9. The van der Waals surface area contributed by atoms with Crippen LogP contribution >= 0.6 is 8.25 Å². The van der Waals surface area contributed by atoms with Gasteiger partial charge in [-0.1, -0.05) is 19.8 Å². The van der Waals surface area contributed by atoms with Gasteiger partial charge < -0.3 is 12.5 Å². The predicted octanol–water partition coefficient (Wildman–Crippen LogP) is -1.96. The molecule has 0 aliphatic heterocycles. The van der Waals surface area contributed by atoms with Gasteiger partial charge in [0.25, 0.3) is 0 Å². The summed E-state index contributed by atoms with van der Waals surface area (Å²) < 4.78 is 20.8. The molecule has 0 aromatic heterocycles. The first-order valence-electron chi connectivity index (χ1n) is 5.72. The van der Waals surface area contributed by atoms with Gasteiger partial charge in [0.2, 0.25) is 0 Å². The monoisotopic (exact) mass is 276 g/mol. The number of nitrogens with one attached hydrogen (secondary N) is 2. The molecule has 0 spiro atoms. The van der Waals surface area contributed by atoms with Crippen molar-refractivity contribution in [1.82, 2.24) is 10.8 Å². The SMILES string of the molecule is CCCCCO[P+](=O)ONCCNCCN.[H-].[Na+]. The minimum absolute atomic E-state index is 0. The summed E-state index contributed by atoms with van der Waals surface area (Å²) in [4.78, 5) is 0. The number of hydroxylamine groups is 1. The molecule has 0 aliphatic carbocycles. The minimum Gasteiger partial charge on any atom is -1.00 e. The fourth-order valence-electron chi connectivity index (χ4n) is 0.982. The second kappa shape index (κ2) is 16.9. The Balaban J connectivity index is -0.00000112. The molecule has 0 radical (unpaired) electrons. The molecule has 17 heavy (non-hydrogen) atoms. The summed E-state index contributed by atoms with van der Waals surface area (Å²) >= 11 is 0. The molecule has 0 aliphatic rings. The van der Waals surface area contributed by atoms with Crippen molar-refractivity contribution < 1.29 is 44.7 Å². The Bertz CT molecular complexity index is 183. The van der Waals surface area contributed by atoms with E-state index in [0.29, 0.717) is 19.7 Å². The number of unbranched alkanes of at least 4 members (excludes halogenated alkanes) is 2. The van der Waals surface area contributed by atoms with E-state index in [-0.39, 0.29) is 31.0 Å². The van der Waals surface area contributed by atoms with Gasteiger partial charge in [-0.25, -0.2) is 0 Å². The molecule has 0 rings (SSSR count). The molecule has 6 nitrogen and oxygen atoms in total. The van der Waals surface area contributed by atoms with Crippen molar-refractivity contribution in [3.63, 3.8) is 0 Å². The summed E-state index contributed by atoms with van der Waals surface area (Å²) in [5, 5.41) is 3.07. The quantitative estimate of drug-likeness (QED) is 0.166. The Labute approximate surface area is 128 Å². The molecule has 1 atom stereocenters. The standard InChI is InChI=1S/C9H23N3O3P.Na.H/c1-2-3-4-9-14-16(13)15-12-8-7-11-6-5-10;;/h11-12H,2-10H2,1H3;;/q2*+1;-1. The summed E-state index contributed by atoms with van der Waals surface area (Å²) in [5.74, 6) is 0. The first-order valence-corrected chi connectivity index (χ1v) is 6.81. The van der Waals surface area contributed by atoms with Crippen LogP contribution in [0.15, 0.2) is 0 Å². The van der Waals surface area contributed by atoms with Gasteiger partial charge in [0.05, 0.1) is 0 Å². The fraction of sp³-hybridized carbons (Fsp3) is 1.00. The molecule has 1 unspecified atom stereocenters. The Kier molecular flexibility index (Phi) is 20.1. The Morgan fingerprint density at radius 2 is 2.06 bits per heavy atom. The second-order valence-corrected chi connectivity index (χ2v) is 4.18. The van der Waals surface area contributed by atoms with E-state index in [4.69, 9.17) is 14.9 Å². The van der Waals surface area contributed by atoms with E-state index in [9.17, 15) is 4.57 Å². The van der Waals surface area contributed by atoms with Crippen molar-refractivity contribution in [1.29, 1.82) is 0 Å². The van der Waals surface area contributed by atoms with Crippen molar-refractivity contribution in [2.24, 2.45) is 5.73 Å². The summed E-state index contributed by atoms with van der Waals surface area (Å²) in [6.07, 6.45) is 3.12. The molecule has 0 saturated carbocycles. The number of nitrogens with two attached hydrogens (primary N) is 1. The Hall–Kier alpha value is 0.900. The summed E-state index contributed by atoms with van der Waals surface area (Å²) in [6, 6.07) is 0. The van der Waals surface area contributed by atoms with Crippen LogP contribution in [0.2, 0.25) is 0 Å². The minimum atomic E-state index is -2.04. The van der Waals surface area contributed by atoms with E-state index in [1.54, 1.807) is 0 Å². The predicted molar refractivity (Wildman–Crippen MR) is 65.2 cm³/mol. The number of hydrogen-bond donors (Lipinski definition) is 3. The summed E-state index contributed by atoms with van der Waals surface area (Å²) in [7, 11) is -2.04. The molecule has 98 valence electrons. The zero-order valence-electron chi connectivity index (χ0n) is 11.9. The molecular formula is C9H24N3NaO3P+. The van der Waals surface area contributed by atoms with Crippen molar-refractivity contribution in [2.45, 2.75) is 26.2 Å². The number of hydrogen-bond acceptors (Lipinski definition) is 6. The van der Waals surface area contributed by atoms with Gasteiger partial charge in [0, 0.05) is 30.7 Å². The fourth-order valence-corrected chi connectivity index (χ4v) is 1.51. The second-order valence-electron chi connectivity index (χ2n) is 3.29. The molecule has 0 aromatic rings. The maximum absolute atomic E-state index is 11.1. The molecule has 0 fully saturated rings. The topological polar surface area (TPSA) is 85.6 Å². The van der Waals surface area contributed by atoms with Gasteiger partial charge in [-0.05, 0) is 11.0 Å². The van der Waals surface area contributed by atoms with E-state index >= 15 is 0 Å². The van der Waals surface area contributed by atoms with Crippen LogP contribution in [0.25, 0.3) is 0 Å². The van der Waals surface area contributed by atoms with E-state index in [1.165, 1.54) is 0 Å². The maximum Gasteiger partial charge on any atom is 1.00 e. The Morgan fingerprint density at radius 1 is 1.29 bits per heavy atom. The van der Waals surface area contributed by atoms with Crippen LogP contribution in [0.5, 0.6) is 0 Å². The molecule has 0 saturated heterocycles. The van der Waals surface area contributed by atoms with Crippen LogP contribution in [0.4, 0.5) is 0 Å². The average Bonchev–Trinajstić information content (AvgIpc) is 2.29. The van der Waals surface area contributed by atoms with Gasteiger partial charge in [-0.15, -0.1) is 10.0 Å². The van der Waals surface area contributed by atoms with Crippen LogP contribution < -0.4 is 46.1 Å². The van der Waals surface area contributed by atoms with E-state index in [0.717, 1.165) is 32.4 Å². The van der Waals surface area contributed by atoms with Gasteiger partial charge in [-0.3, -0.25) is 0 Å². The van der Waals surface area contributed by atoms with Gasteiger partial charge in [-0.2, -0.15) is 0 Å². The van der Waals surface area contributed by atoms with Crippen molar-refractivity contribution in [3.05, 3.63) is 0 Å². The van der Waals surface area contributed by atoms with E-state index < -0.39 is 8.25 Å². The summed E-state index contributed by atoms with van der Waals surface area (Å²) in [5.41, 5.74) is 7.86. The van der Waals surface area contributed by atoms with Crippen LogP contribution in [-0.2, 0) is 13.7 Å². The molecular weight excluding hydrogens is 252 g/mol. The molecule has 4 N–H and O–H groups in total. The average molecular weight is 276 g/mol. The first-order chi connectivity index (χ1) is 7.81. The van der Waals surface area contributed by atoms with E-state index in [1.807, 2.05) is 0 Å². The van der Waals surface area contributed by atoms with Crippen molar-refractivity contribution >= 4 is 8.25 Å². The van der Waals surface area contributed by atoms with Gasteiger partial charge in [0.15, 0.2) is 0 Å². The van der Waals surface area contributed by atoms with Crippen LogP contribution in [0.1, 0.15) is 27.6 Å². The first kappa shape index (κ1) is 20.2. The zero-order chi connectivity index (χ0) is 12.1. The largest absolute Gasteiger partial charge is 1.00 e. The normalized spacial score (nSPS) is 11.1. The maximum atomic E-state index is 11.1. The van der Waals surface area contributed by atoms with Crippen LogP contribution in [0, 0.1) is 0 Å². The van der Waals surface area contributed by atoms with Crippen LogP contribution in [-0.4, -0.2) is 32.8 Å². The smallest absolute Gasteiger partial charge is 1.00 e. The van der Waals surface area contributed by atoms with Crippen molar-refractivity contribution in [3.8, 4) is 0 Å². The molecule has 0 aromatic carbocycles. The summed E-state index contributed by atoms with van der Waals surface area (Å²) in [6.45, 7) is 5.25. The zero-order valence-corrected chi connectivity index (χ0v) is 13.8. The molecule has 0 bridgehead atoms. The third-order valence-corrected chi connectivity index (χ3v) is 2.48. The number of rotatable bonds is 12. The van der Waals surface area contributed by atoms with Gasteiger partial charge in [0.1, 0.15) is 6.61 Å². The van der Waals surface area contributed by atoms with Crippen LogP contribution in [0.3, 0.4) is 0 Å². The molecule has 0 amide bonds. The van der Waals surface area contributed by atoms with Gasteiger partial charge >= 0.3 is 37.8 Å². The molecule has 0 heterocycles. The van der Waals surface area contributed by atoms with Crippen molar-refractivity contribution in [2.75, 3.05) is 32.8 Å². The third-order valence-electron chi connectivity index (χ3n) is 1.81.